The van der Waals surface area contributed by atoms with Crippen LogP contribution in [0.5, 0.6) is 0 Å². The van der Waals surface area contributed by atoms with Crippen LogP contribution in [-0.4, -0.2) is 81.3 Å². The Morgan fingerprint density at radius 3 is 2.56 bits per heavy atom. The SMILES string of the molecule is CC(C)(CCCCN)CN(C[C@H](O)[C@H](Cc1ccccc1)NC(=O)O[C@@H]1CO[C@@H]2OCC[C@@H]21)S(=O)(=O)c1ccc(N)cc1. The number of ether oxygens (including phenoxy) is 3. The summed E-state index contributed by atoms with van der Waals surface area (Å²) in [6.07, 6.45) is 0.658. The van der Waals surface area contributed by atoms with Crippen LogP contribution in [0.2, 0.25) is 0 Å². The van der Waals surface area contributed by atoms with E-state index in [4.69, 9.17) is 25.7 Å². The van der Waals surface area contributed by atoms with Crippen molar-refractivity contribution >= 4 is 21.8 Å². The van der Waals surface area contributed by atoms with Gasteiger partial charge in [-0.15, -0.1) is 0 Å². The lowest BCUT2D eigenvalue weighted by molar-refractivity contribution is -0.0907. The van der Waals surface area contributed by atoms with Crippen molar-refractivity contribution in [3.05, 3.63) is 60.2 Å². The Hall–Kier alpha value is -2.74. The van der Waals surface area contributed by atoms with Crippen molar-refractivity contribution < 1.29 is 32.5 Å². The molecule has 238 valence electrons. The highest BCUT2D eigenvalue weighted by Gasteiger charge is 2.44. The zero-order chi connectivity index (χ0) is 31.0. The number of amides is 1. The number of rotatable bonds is 15. The fraction of sp³-hybridized carbons (Fsp3) is 0.581. The fourth-order valence-corrected chi connectivity index (χ4v) is 7.35. The molecule has 43 heavy (non-hydrogen) atoms. The third-order valence-corrected chi connectivity index (χ3v) is 9.96. The van der Waals surface area contributed by atoms with Gasteiger partial charge in [0.1, 0.15) is 6.10 Å². The number of aliphatic hydroxyl groups is 1. The second-order valence-corrected chi connectivity index (χ2v) is 14.2. The number of carbonyl (C=O) groups is 1. The molecule has 1 amide bonds. The minimum Gasteiger partial charge on any atom is -0.443 e. The van der Waals surface area contributed by atoms with Crippen molar-refractivity contribution in [1.82, 2.24) is 9.62 Å². The Kier molecular flexibility index (Phi) is 11.4. The molecule has 2 heterocycles. The van der Waals surface area contributed by atoms with Gasteiger partial charge in [-0.2, -0.15) is 4.31 Å². The topological polar surface area (TPSA) is 166 Å². The highest BCUT2D eigenvalue weighted by atomic mass is 32.2. The van der Waals surface area contributed by atoms with E-state index in [0.29, 0.717) is 18.8 Å². The molecule has 12 heteroatoms. The van der Waals surface area contributed by atoms with Gasteiger partial charge in [-0.05, 0) is 67.5 Å². The van der Waals surface area contributed by atoms with Crippen LogP contribution in [0.1, 0.15) is 45.1 Å². The van der Waals surface area contributed by atoms with Crippen LogP contribution in [0.3, 0.4) is 0 Å². The van der Waals surface area contributed by atoms with E-state index in [1.54, 1.807) is 0 Å². The second kappa shape index (κ2) is 14.8. The number of nitrogens with one attached hydrogen (secondary N) is 1. The van der Waals surface area contributed by atoms with E-state index < -0.39 is 39.8 Å². The number of carbonyl (C=O) groups excluding carboxylic acids is 1. The molecular weight excluding hydrogens is 572 g/mol. The van der Waals surface area contributed by atoms with Gasteiger partial charge in [0.2, 0.25) is 10.0 Å². The first-order valence-corrected chi connectivity index (χ1v) is 16.4. The standard InChI is InChI=1S/C31H46N4O7S/c1-31(2,15-6-7-16-32)21-35(43(38,39)24-12-10-23(33)11-13-24)19-27(36)26(18-22-8-4-3-5-9-22)34-30(37)42-28-20-41-29-25(28)14-17-40-29/h3-5,8-13,25-29,36H,6-7,14-21,32-33H2,1-2H3,(H,34,37)/t25-,26+,27+,28-,29+/m1/s1. The zero-order valence-electron chi connectivity index (χ0n) is 25.1. The first-order chi connectivity index (χ1) is 20.5. The van der Waals surface area contributed by atoms with Crippen LogP contribution >= 0.6 is 0 Å². The van der Waals surface area contributed by atoms with Gasteiger partial charge >= 0.3 is 6.09 Å². The lowest BCUT2D eigenvalue weighted by atomic mass is 9.87. The highest BCUT2D eigenvalue weighted by molar-refractivity contribution is 7.89. The van der Waals surface area contributed by atoms with Crippen molar-refractivity contribution in [2.75, 3.05) is 38.6 Å². The summed E-state index contributed by atoms with van der Waals surface area (Å²) in [6.45, 7) is 5.27. The Labute approximate surface area is 254 Å². The first kappa shape index (κ1) is 33.2. The Bertz CT molecular complexity index is 1280. The minimum atomic E-state index is -4.02. The molecular formula is C31H46N4O7S. The molecule has 0 saturated carbocycles. The normalized spacial score (nSPS) is 21.8. The maximum Gasteiger partial charge on any atom is 0.407 e. The molecule has 0 aliphatic carbocycles. The number of fused-ring (bicyclic) bond motifs is 1. The average Bonchev–Trinajstić information content (AvgIpc) is 3.58. The maximum absolute atomic E-state index is 13.9. The first-order valence-electron chi connectivity index (χ1n) is 15.0. The number of unbranched alkanes of at least 4 members (excludes halogenated alkanes) is 1. The van der Waals surface area contributed by atoms with E-state index in [0.717, 1.165) is 31.2 Å². The molecule has 0 spiro atoms. The predicted molar refractivity (Wildman–Crippen MR) is 163 cm³/mol. The zero-order valence-corrected chi connectivity index (χ0v) is 25.9. The molecule has 0 bridgehead atoms. The van der Waals surface area contributed by atoms with Crippen molar-refractivity contribution in [2.24, 2.45) is 17.1 Å². The number of aliphatic hydroxyl groups excluding tert-OH is 1. The van der Waals surface area contributed by atoms with E-state index >= 15 is 0 Å². The van der Waals surface area contributed by atoms with Gasteiger partial charge in [-0.3, -0.25) is 0 Å². The Balaban J connectivity index is 1.55. The molecule has 4 rings (SSSR count). The average molecular weight is 619 g/mol. The van der Waals surface area contributed by atoms with Crippen LogP contribution < -0.4 is 16.8 Å². The van der Waals surface area contributed by atoms with E-state index in [-0.39, 0.29) is 43.2 Å². The molecule has 2 aromatic carbocycles. The van der Waals surface area contributed by atoms with Crippen molar-refractivity contribution in [3.8, 4) is 0 Å². The predicted octanol–water partition coefficient (Wildman–Crippen LogP) is 2.87. The molecule has 2 aliphatic heterocycles. The van der Waals surface area contributed by atoms with Crippen LogP contribution in [-0.2, 0) is 30.7 Å². The van der Waals surface area contributed by atoms with Gasteiger partial charge in [0.05, 0.1) is 36.2 Å². The van der Waals surface area contributed by atoms with Crippen LogP contribution in [0.25, 0.3) is 0 Å². The number of benzene rings is 2. The summed E-state index contributed by atoms with van der Waals surface area (Å²) in [5.74, 6) is -0.0368. The highest BCUT2D eigenvalue weighted by Crippen LogP contribution is 2.33. The van der Waals surface area contributed by atoms with E-state index in [2.05, 4.69) is 5.32 Å². The minimum absolute atomic E-state index is 0.0368. The number of sulfonamides is 1. The van der Waals surface area contributed by atoms with Crippen molar-refractivity contribution in [1.29, 1.82) is 0 Å². The molecule has 0 unspecified atom stereocenters. The van der Waals surface area contributed by atoms with Crippen LogP contribution in [0.4, 0.5) is 10.5 Å². The van der Waals surface area contributed by atoms with Gasteiger partial charge in [-0.25, -0.2) is 13.2 Å². The largest absolute Gasteiger partial charge is 0.443 e. The molecule has 2 aliphatic rings. The Morgan fingerprint density at radius 2 is 1.86 bits per heavy atom. The fourth-order valence-electron chi connectivity index (χ4n) is 5.70. The van der Waals surface area contributed by atoms with Crippen LogP contribution in [0.15, 0.2) is 59.5 Å². The number of hydrogen-bond acceptors (Lipinski definition) is 9. The molecule has 2 saturated heterocycles. The van der Waals surface area contributed by atoms with E-state index in [1.807, 2.05) is 44.2 Å². The van der Waals surface area contributed by atoms with Crippen LogP contribution in [0, 0.1) is 11.3 Å². The van der Waals surface area contributed by atoms with Gasteiger partial charge in [0, 0.05) is 18.8 Å². The monoisotopic (exact) mass is 618 g/mol. The van der Waals surface area contributed by atoms with Gasteiger partial charge in [0.25, 0.3) is 0 Å². The molecule has 0 aromatic heterocycles. The summed E-state index contributed by atoms with van der Waals surface area (Å²) in [4.78, 5) is 13.2. The summed E-state index contributed by atoms with van der Waals surface area (Å²) in [6, 6.07) is 14.6. The number of alkyl carbamates (subject to hydrolysis) is 1. The lowest BCUT2D eigenvalue weighted by Gasteiger charge is -2.35. The van der Waals surface area contributed by atoms with Crippen molar-refractivity contribution in [2.45, 2.75) is 75.4 Å². The molecule has 2 fully saturated rings. The molecule has 2 aromatic rings. The summed E-state index contributed by atoms with van der Waals surface area (Å²) in [7, 11) is -4.02. The van der Waals surface area contributed by atoms with Gasteiger partial charge in [-0.1, -0.05) is 50.6 Å². The summed E-state index contributed by atoms with van der Waals surface area (Å²) in [5, 5.41) is 14.4. The number of nitrogens with zero attached hydrogens (tertiary/aromatic N) is 1. The van der Waals surface area contributed by atoms with Gasteiger partial charge in [0.15, 0.2) is 6.29 Å². The number of anilines is 1. The second-order valence-electron chi connectivity index (χ2n) is 12.3. The third kappa shape index (κ3) is 9.13. The lowest BCUT2D eigenvalue weighted by Crippen LogP contribution is -2.52. The summed E-state index contributed by atoms with van der Waals surface area (Å²) in [5.41, 5.74) is 12.4. The van der Waals surface area contributed by atoms with E-state index in [1.165, 1.54) is 28.6 Å². The number of nitrogen functional groups attached to an aromatic ring is 1. The quantitative estimate of drug-likeness (QED) is 0.173. The molecule has 11 nitrogen and oxygen atoms in total. The third-order valence-electron chi connectivity index (χ3n) is 8.13. The molecule has 6 N–H and O–H groups in total. The van der Waals surface area contributed by atoms with Gasteiger partial charge < -0.3 is 36.1 Å². The summed E-state index contributed by atoms with van der Waals surface area (Å²) >= 11 is 0. The Morgan fingerprint density at radius 1 is 1.14 bits per heavy atom. The smallest absolute Gasteiger partial charge is 0.407 e. The molecule has 5 atom stereocenters. The van der Waals surface area contributed by atoms with E-state index in [9.17, 15) is 18.3 Å². The number of nitrogens with two attached hydrogens (primary N) is 2. The maximum atomic E-state index is 13.9. The van der Waals surface area contributed by atoms with Crippen molar-refractivity contribution in [3.63, 3.8) is 0 Å². The molecule has 0 radical (unpaired) electrons. The number of hydrogen-bond donors (Lipinski definition) is 4. The summed E-state index contributed by atoms with van der Waals surface area (Å²) < 4.78 is 46.0.